The van der Waals surface area contributed by atoms with Crippen LogP contribution in [0.2, 0.25) is 0 Å². The van der Waals surface area contributed by atoms with Gasteiger partial charge in [0.25, 0.3) is 0 Å². The summed E-state index contributed by atoms with van der Waals surface area (Å²) in [4.78, 5) is 12.3. The maximum Gasteiger partial charge on any atom is 1.00 e. The van der Waals surface area contributed by atoms with Crippen LogP contribution in [-0.4, -0.2) is 39.3 Å². The number of halogens is 6. The summed E-state index contributed by atoms with van der Waals surface area (Å²) in [6, 6.07) is 16.4. The van der Waals surface area contributed by atoms with Crippen molar-refractivity contribution in [2.24, 2.45) is 0 Å². The van der Waals surface area contributed by atoms with Gasteiger partial charge in [0.05, 0.1) is 0 Å². The average Bonchev–Trinajstić information content (AvgIpc) is 2.80. The zero-order chi connectivity index (χ0) is 28.7. The fourth-order valence-electron chi connectivity index (χ4n) is 3.52. The fraction of sp³-hybridized carbons (Fsp3) is 0.385. The summed E-state index contributed by atoms with van der Waals surface area (Å²) in [6.07, 6.45) is 7.45. The third kappa shape index (κ3) is 15.5. The second-order valence-electron chi connectivity index (χ2n) is 9.81. The van der Waals surface area contributed by atoms with Gasteiger partial charge >= 0.3 is 50.1 Å². The van der Waals surface area contributed by atoms with E-state index in [1.165, 1.54) is 5.56 Å². The van der Waals surface area contributed by atoms with E-state index in [-0.39, 0.29) is 22.5 Å². The SMILES string of the molecule is CSc1cc(C(C)(C)C)cc(CN(CCc2ccccn2)CCc2ccccn2)c1O.F[P-](F)(F)(F)(F)F.[Cu+]. The Kier molecular flexibility index (Phi) is 11.9. The summed E-state index contributed by atoms with van der Waals surface area (Å²) < 4.78 is 59.2. The van der Waals surface area contributed by atoms with Crippen LogP contribution in [0.1, 0.15) is 43.3 Å². The fourth-order valence-corrected chi connectivity index (χ4v) is 4.09. The Morgan fingerprint density at radius 1 is 0.846 bits per heavy atom. The molecule has 0 saturated carbocycles. The Hall–Kier alpha value is -1.84. The van der Waals surface area contributed by atoms with Crippen molar-refractivity contribution in [1.29, 1.82) is 0 Å². The van der Waals surface area contributed by atoms with Crippen LogP contribution < -0.4 is 0 Å². The summed E-state index contributed by atoms with van der Waals surface area (Å²) in [7, 11) is -10.7. The second kappa shape index (κ2) is 13.2. The molecule has 3 aromatic rings. The first-order valence-electron chi connectivity index (χ1n) is 11.8. The van der Waals surface area contributed by atoms with Gasteiger partial charge in [0.2, 0.25) is 0 Å². The number of thioether (sulfide) groups is 1. The van der Waals surface area contributed by atoms with E-state index in [9.17, 15) is 30.3 Å². The molecule has 0 atom stereocenters. The molecule has 0 unspecified atom stereocenters. The predicted molar refractivity (Wildman–Crippen MR) is 143 cm³/mol. The van der Waals surface area contributed by atoms with E-state index in [1.807, 2.05) is 42.9 Å². The van der Waals surface area contributed by atoms with Crippen LogP contribution in [-0.2, 0) is 41.9 Å². The number of hydrogen-bond acceptors (Lipinski definition) is 5. The van der Waals surface area contributed by atoms with E-state index in [4.69, 9.17) is 0 Å². The first-order valence-corrected chi connectivity index (χ1v) is 15.1. The molecule has 0 saturated heterocycles. The van der Waals surface area contributed by atoms with Gasteiger partial charge in [-0.1, -0.05) is 39.0 Å². The zero-order valence-corrected chi connectivity index (χ0v) is 24.7. The van der Waals surface area contributed by atoms with Crippen molar-refractivity contribution in [2.45, 2.75) is 50.5 Å². The molecule has 3 rings (SSSR count). The summed E-state index contributed by atoms with van der Waals surface area (Å²) >= 11 is 1.60. The van der Waals surface area contributed by atoms with E-state index in [1.54, 1.807) is 11.8 Å². The number of hydrogen-bond donors (Lipinski definition) is 1. The predicted octanol–water partition coefficient (Wildman–Crippen LogP) is 8.87. The summed E-state index contributed by atoms with van der Waals surface area (Å²) in [6.45, 7) is 9.09. The van der Waals surface area contributed by atoms with Crippen molar-refractivity contribution in [2.75, 3.05) is 19.3 Å². The minimum absolute atomic E-state index is 0. The van der Waals surface area contributed by atoms with Crippen molar-refractivity contribution < 1.29 is 47.4 Å². The van der Waals surface area contributed by atoms with E-state index in [0.29, 0.717) is 12.3 Å². The molecule has 1 N–H and O–H groups in total. The van der Waals surface area contributed by atoms with E-state index in [0.717, 1.165) is 47.8 Å². The Labute approximate surface area is 240 Å². The maximum atomic E-state index is 10.9. The number of aromatic nitrogens is 2. The van der Waals surface area contributed by atoms with Crippen LogP contribution in [0.3, 0.4) is 0 Å². The van der Waals surface area contributed by atoms with Crippen molar-refractivity contribution in [3.05, 3.63) is 83.4 Å². The van der Waals surface area contributed by atoms with Gasteiger partial charge in [-0.3, -0.25) is 14.9 Å². The van der Waals surface area contributed by atoms with Crippen LogP contribution in [0.15, 0.2) is 65.8 Å². The van der Waals surface area contributed by atoms with Gasteiger partial charge in [-0.2, -0.15) is 0 Å². The Morgan fingerprint density at radius 2 is 1.31 bits per heavy atom. The minimum Gasteiger partial charge on any atom is 1.00 e. The van der Waals surface area contributed by atoms with Crippen molar-refractivity contribution in [3.8, 4) is 5.75 Å². The molecule has 222 valence electrons. The monoisotopic (exact) mass is 643 g/mol. The van der Waals surface area contributed by atoms with Gasteiger partial charge in [-0.05, 0) is 47.6 Å². The van der Waals surface area contributed by atoms with E-state index >= 15 is 0 Å². The zero-order valence-electron chi connectivity index (χ0n) is 22.0. The third-order valence-corrected chi connectivity index (χ3v) is 6.21. The molecule has 0 spiro atoms. The van der Waals surface area contributed by atoms with Gasteiger partial charge in [0.15, 0.2) is 0 Å². The topological polar surface area (TPSA) is 49.2 Å². The van der Waals surface area contributed by atoms with Crippen LogP contribution in [0.4, 0.5) is 25.2 Å². The number of phenolic OH excluding ortho intramolecular Hbond substituents is 1. The van der Waals surface area contributed by atoms with Crippen molar-refractivity contribution >= 4 is 19.6 Å². The average molecular weight is 644 g/mol. The molecule has 1 aromatic carbocycles. The van der Waals surface area contributed by atoms with Gasteiger partial charge < -0.3 is 5.11 Å². The smallest absolute Gasteiger partial charge is 1.00 e. The number of aromatic hydroxyl groups is 1. The molecular weight excluding hydrogens is 611 g/mol. The van der Waals surface area contributed by atoms with Gasteiger partial charge in [0, 0.05) is 66.7 Å². The van der Waals surface area contributed by atoms with E-state index in [2.05, 4.69) is 59.9 Å². The van der Waals surface area contributed by atoms with Crippen LogP contribution in [0, 0.1) is 0 Å². The molecular formula is C26H33CuF6N3OPS. The molecule has 0 aliphatic heterocycles. The third-order valence-electron chi connectivity index (χ3n) is 5.45. The standard InChI is InChI=1S/C26H33N3OS.Cu.F6P/c1-26(2,3)21-17-20(25(30)24(18-21)31-4)19-29(15-11-22-9-5-7-13-27-22)16-12-23-10-6-8-14-28-23;;1-7(2,3,4,5)6/h5-10,13-14,17-18,30H,11-12,15-16,19H2,1-4H3;;/q;+1;-1. The number of rotatable bonds is 9. The first kappa shape index (κ1) is 35.2. The molecule has 0 fully saturated rings. The minimum atomic E-state index is -10.7. The summed E-state index contributed by atoms with van der Waals surface area (Å²) in [5, 5.41) is 10.9. The molecule has 0 radical (unpaired) electrons. The normalized spacial score (nSPS) is 13.5. The summed E-state index contributed by atoms with van der Waals surface area (Å²) in [5.41, 5.74) is 4.43. The number of pyridine rings is 2. The van der Waals surface area contributed by atoms with Crippen LogP contribution in [0.25, 0.3) is 0 Å². The van der Waals surface area contributed by atoms with Crippen molar-refractivity contribution in [3.63, 3.8) is 0 Å². The summed E-state index contributed by atoms with van der Waals surface area (Å²) in [5.74, 6) is 0.404. The van der Waals surface area contributed by atoms with Crippen LogP contribution in [0.5, 0.6) is 5.75 Å². The largest absolute Gasteiger partial charge is 1.00 e. The molecule has 39 heavy (non-hydrogen) atoms. The number of nitrogens with zero attached hydrogens (tertiary/aromatic N) is 3. The molecule has 4 nitrogen and oxygen atoms in total. The maximum absolute atomic E-state index is 10.9. The van der Waals surface area contributed by atoms with E-state index < -0.39 is 7.81 Å². The van der Waals surface area contributed by atoms with Gasteiger partial charge in [-0.15, -0.1) is 11.8 Å². The number of phenols is 1. The Morgan fingerprint density at radius 3 is 1.67 bits per heavy atom. The van der Waals surface area contributed by atoms with Gasteiger partial charge in [-0.25, -0.2) is 0 Å². The molecule has 2 heterocycles. The Bertz CT molecular complexity index is 1130. The molecule has 2 aromatic heterocycles. The first-order chi connectivity index (χ1) is 17.3. The second-order valence-corrected chi connectivity index (χ2v) is 12.6. The van der Waals surface area contributed by atoms with Gasteiger partial charge in [0.1, 0.15) is 5.75 Å². The molecule has 0 amide bonds. The van der Waals surface area contributed by atoms with Crippen LogP contribution >= 0.6 is 19.6 Å². The molecule has 13 heteroatoms. The molecule has 0 aliphatic rings. The molecule has 0 bridgehead atoms. The van der Waals surface area contributed by atoms with Crippen molar-refractivity contribution in [1.82, 2.24) is 14.9 Å². The Balaban J connectivity index is 0.000000841. The number of benzene rings is 1. The molecule has 0 aliphatic carbocycles. The quantitative estimate of drug-likeness (QED) is 0.109.